The number of nitrogen functional groups attached to an aromatic ring is 1. The molecule has 1 aromatic rings. The average Bonchev–Trinajstić information content (AvgIpc) is 2.07. The van der Waals surface area contributed by atoms with Crippen molar-refractivity contribution in [3.05, 3.63) is 23.3 Å². The van der Waals surface area contributed by atoms with Crippen LogP contribution in [-0.4, -0.2) is 14.5 Å². The van der Waals surface area contributed by atoms with E-state index in [1.54, 1.807) is 26.0 Å². The highest BCUT2D eigenvalue weighted by molar-refractivity contribution is 7.79. The van der Waals surface area contributed by atoms with Crippen LogP contribution >= 0.6 is 0 Å². The van der Waals surface area contributed by atoms with Crippen LogP contribution in [0.5, 0.6) is 0 Å². The molecule has 0 saturated carbocycles. The quantitative estimate of drug-likeness (QED) is 0.395. The zero-order chi connectivity index (χ0) is 10.9. The second-order valence-electron chi connectivity index (χ2n) is 3.10. The third kappa shape index (κ3) is 2.00. The standard InChI is InChI=1S/C9H12N2O2S/c1-5-3-7(6(2)10)9(11)8(4-5)14(12)13/h3-4,10H,11H2,1-2H3,(H,12,13). The van der Waals surface area contributed by atoms with E-state index in [1.807, 2.05) is 0 Å². The third-order valence-corrected chi connectivity index (χ3v) is 2.59. The monoisotopic (exact) mass is 212 g/mol. The molecule has 0 saturated heterocycles. The van der Waals surface area contributed by atoms with Crippen molar-refractivity contribution >= 4 is 22.5 Å². The average molecular weight is 212 g/mol. The molecule has 0 aliphatic heterocycles. The van der Waals surface area contributed by atoms with Crippen molar-refractivity contribution < 1.29 is 8.76 Å². The van der Waals surface area contributed by atoms with Gasteiger partial charge in [-0.1, -0.05) is 0 Å². The fourth-order valence-corrected chi connectivity index (χ4v) is 1.80. The predicted molar refractivity (Wildman–Crippen MR) is 57.1 cm³/mol. The molecule has 1 rings (SSSR count). The van der Waals surface area contributed by atoms with E-state index in [0.29, 0.717) is 5.56 Å². The van der Waals surface area contributed by atoms with Crippen LogP contribution in [0, 0.1) is 12.3 Å². The fraction of sp³-hybridized carbons (Fsp3) is 0.222. The number of nitrogens with one attached hydrogen (secondary N) is 1. The lowest BCUT2D eigenvalue weighted by Crippen LogP contribution is -2.05. The van der Waals surface area contributed by atoms with Gasteiger partial charge in [-0.25, -0.2) is 4.21 Å². The second kappa shape index (κ2) is 3.89. The number of hydrogen-bond acceptors (Lipinski definition) is 3. The van der Waals surface area contributed by atoms with Crippen molar-refractivity contribution in [3.8, 4) is 0 Å². The second-order valence-corrected chi connectivity index (χ2v) is 4.04. The molecule has 0 aliphatic rings. The Bertz CT molecular complexity index is 380. The van der Waals surface area contributed by atoms with E-state index >= 15 is 0 Å². The molecule has 0 heterocycles. The predicted octanol–water partition coefficient (Wildman–Crippen LogP) is 1.55. The summed E-state index contributed by atoms with van der Waals surface area (Å²) < 4.78 is 19.9. The van der Waals surface area contributed by atoms with Gasteiger partial charge in [-0.3, -0.25) is 0 Å². The maximum atomic E-state index is 10.9. The van der Waals surface area contributed by atoms with Gasteiger partial charge in [0, 0.05) is 11.3 Å². The maximum absolute atomic E-state index is 10.9. The molecule has 1 unspecified atom stereocenters. The first-order valence-electron chi connectivity index (χ1n) is 4.00. The highest BCUT2D eigenvalue weighted by Gasteiger charge is 2.11. The number of benzene rings is 1. The van der Waals surface area contributed by atoms with Gasteiger partial charge in [-0.15, -0.1) is 0 Å². The zero-order valence-electron chi connectivity index (χ0n) is 8.00. The fourth-order valence-electron chi connectivity index (χ4n) is 1.22. The van der Waals surface area contributed by atoms with Crippen molar-refractivity contribution in [3.63, 3.8) is 0 Å². The van der Waals surface area contributed by atoms with Gasteiger partial charge < -0.3 is 15.7 Å². The smallest absolute Gasteiger partial charge is 0.188 e. The van der Waals surface area contributed by atoms with Crippen LogP contribution in [0.1, 0.15) is 18.1 Å². The van der Waals surface area contributed by atoms with Crippen molar-refractivity contribution in [2.45, 2.75) is 18.7 Å². The van der Waals surface area contributed by atoms with Gasteiger partial charge in [0.2, 0.25) is 0 Å². The molecule has 0 radical (unpaired) electrons. The summed E-state index contributed by atoms with van der Waals surface area (Å²) in [4.78, 5) is 0.173. The first kappa shape index (κ1) is 10.9. The van der Waals surface area contributed by atoms with Crippen molar-refractivity contribution in [2.75, 3.05) is 5.73 Å². The molecule has 14 heavy (non-hydrogen) atoms. The summed E-state index contributed by atoms with van der Waals surface area (Å²) in [6.07, 6.45) is 0. The third-order valence-electron chi connectivity index (χ3n) is 1.88. The van der Waals surface area contributed by atoms with Crippen LogP contribution in [-0.2, 0) is 11.1 Å². The Morgan fingerprint density at radius 2 is 2.14 bits per heavy atom. The summed E-state index contributed by atoms with van der Waals surface area (Å²) in [5, 5.41) is 7.45. The molecule has 1 aromatic carbocycles. The summed E-state index contributed by atoms with van der Waals surface area (Å²) >= 11 is -2.10. The molecule has 4 nitrogen and oxygen atoms in total. The Hall–Kier alpha value is -1.20. The Morgan fingerprint density at radius 1 is 1.57 bits per heavy atom. The summed E-state index contributed by atoms with van der Waals surface area (Å²) in [5.41, 5.74) is 7.50. The number of anilines is 1. The van der Waals surface area contributed by atoms with Gasteiger partial charge in [0.05, 0.1) is 10.6 Å². The minimum absolute atomic E-state index is 0.173. The Labute approximate surface area is 84.9 Å². The van der Waals surface area contributed by atoms with Crippen LogP contribution in [0.25, 0.3) is 0 Å². The van der Waals surface area contributed by atoms with E-state index in [0.717, 1.165) is 5.56 Å². The minimum atomic E-state index is -2.10. The van der Waals surface area contributed by atoms with Crippen LogP contribution in [0.3, 0.4) is 0 Å². The topological polar surface area (TPSA) is 87.2 Å². The first-order valence-corrected chi connectivity index (χ1v) is 5.10. The van der Waals surface area contributed by atoms with Gasteiger partial charge in [-0.05, 0) is 31.5 Å². The van der Waals surface area contributed by atoms with Crippen molar-refractivity contribution in [2.24, 2.45) is 0 Å². The number of aryl methyl sites for hydroxylation is 1. The van der Waals surface area contributed by atoms with Gasteiger partial charge >= 0.3 is 0 Å². The van der Waals surface area contributed by atoms with Gasteiger partial charge in [0.15, 0.2) is 11.1 Å². The maximum Gasteiger partial charge on any atom is 0.188 e. The summed E-state index contributed by atoms with van der Waals surface area (Å²) in [7, 11) is 0. The summed E-state index contributed by atoms with van der Waals surface area (Å²) in [5.74, 6) is 0. The minimum Gasteiger partial charge on any atom is -0.397 e. The summed E-state index contributed by atoms with van der Waals surface area (Å²) in [6.45, 7) is 3.39. The van der Waals surface area contributed by atoms with Crippen LogP contribution in [0.4, 0.5) is 5.69 Å². The van der Waals surface area contributed by atoms with Crippen molar-refractivity contribution in [1.82, 2.24) is 0 Å². The molecule has 0 fully saturated rings. The normalized spacial score (nSPS) is 12.5. The van der Waals surface area contributed by atoms with Crippen LogP contribution in [0.15, 0.2) is 17.0 Å². The zero-order valence-corrected chi connectivity index (χ0v) is 8.81. The molecule has 0 aromatic heterocycles. The van der Waals surface area contributed by atoms with E-state index in [4.69, 9.17) is 15.7 Å². The molecule has 4 N–H and O–H groups in total. The summed E-state index contributed by atoms with van der Waals surface area (Å²) in [6, 6.07) is 3.28. The van der Waals surface area contributed by atoms with Gasteiger partial charge in [-0.2, -0.15) is 0 Å². The molecule has 0 bridgehead atoms. The van der Waals surface area contributed by atoms with E-state index in [2.05, 4.69) is 0 Å². The first-order chi connectivity index (χ1) is 6.43. The van der Waals surface area contributed by atoms with Gasteiger partial charge in [0.1, 0.15) is 0 Å². The molecule has 76 valence electrons. The number of nitrogens with two attached hydrogens (primary N) is 1. The lowest BCUT2D eigenvalue weighted by molar-refractivity contribution is 0.564. The SMILES string of the molecule is CC(=N)c1cc(C)cc(S(=O)O)c1N. The number of hydrogen-bond donors (Lipinski definition) is 3. The Kier molecular flexibility index (Phi) is 3.03. The molecule has 0 spiro atoms. The van der Waals surface area contributed by atoms with Crippen molar-refractivity contribution in [1.29, 1.82) is 5.41 Å². The Morgan fingerprint density at radius 3 is 2.57 bits per heavy atom. The Balaban J connectivity index is 3.47. The molecule has 0 aliphatic carbocycles. The molecular weight excluding hydrogens is 200 g/mol. The van der Waals surface area contributed by atoms with E-state index in [9.17, 15) is 4.21 Å². The van der Waals surface area contributed by atoms with Crippen LogP contribution in [0.2, 0.25) is 0 Å². The highest BCUT2D eigenvalue weighted by atomic mass is 32.2. The molecule has 1 atom stereocenters. The van der Waals surface area contributed by atoms with Gasteiger partial charge in [0.25, 0.3) is 0 Å². The number of rotatable bonds is 2. The largest absolute Gasteiger partial charge is 0.397 e. The lowest BCUT2D eigenvalue weighted by Gasteiger charge is -2.08. The molecule has 0 amide bonds. The molecule has 5 heteroatoms. The highest BCUT2D eigenvalue weighted by Crippen LogP contribution is 2.22. The van der Waals surface area contributed by atoms with Crippen LogP contribution < -0.4 is 5.73 Å². The van der Waals surface area contributed by atoms with E-state index in [-0.39, 0.29) is 16.3 Å². The lowest BCUT2D eigenvalue weighted by atomic mass is 10.1. The molecular formula is C9H12N2O2S. The van der Waals surface area contributed by atoms with E-state index in [1.165, 1.54) is 0 Å². The van der Waals surface area contributed by atoms with E-state index < -0.39 is 11.1 Å².